The van der Waals surface area contributed by atoms with Crippen molar-refractivity contribution in [3.63, 3.8) is 0 Å². The van der Waals surface area contributed by atoms with Gasteiger partial charge in [-0.3, -0.25) is 5.32 Å². The molecule has 0 aliphatic heterocycles. The molecule has 0 saturated heterocycles. The van der Waals surface area contributed by atoms with E-state index < -0.39 is 17.7 Å². The van der Waals surface area contributed by atoms with Gasteiger partial charge in [-0.1, -0.05) is 11.3 Å². The number of hydrogen-bond donors (Lipinski definition) is 2. The zero-order valence-corrected chi connectivity index (χ0v) is 12.1. The number of carboxylic acid groups (broad SMARTS) is 1. The number of carbonyl (C=O) groups excluding carboxylic acids is 1. The van der Waals surface area contributed by atoms with Gasteiger partial charge in [-0.2, -0.15) is 0 Å². The van der Waals surface area contributed by atoms with Crippen LogP contribution in [0.2, 0.25) is 0 Å². The molecule has 0 aliphatic rings. The molecule has 0 saturated carbocycles. The first-order valence-electron chi connectivity index (χ1n) is 5.89. The summed E-state index contributed by atoms with van der Waals surface area (Å²) >= 11 is 1.10. The molecular weight excluding hydrogens is 280 g/mol. The van der Waals surface area contributed by atoms with E-state index in [0.29, 0.717) is 10.2 Å². The van der Waals surface area contributed by atoms with E-state index in [9.17, 15) is 14.7 Å². The van der Waals surface area contributed by atoms with Crippen molar-refractivity contribution >= 4 is 38.6 Å². The predicted molar refractivity (Wildman–Crippen MR) is 76.4 cm³/mol. The Balaban J connectivity index is 2.37. The third kappa shape index (κ3) is 3.05. The average Bonchev–Trinajstić information content (AvgIpc) is 2.63. The monoisotopic (exact) mass is 294 g/mol. The highest BCUT2D eigenvalue weighted by atomic mass is 32.1. The van der Waals surface area contributed by atoms with Crippen molar-refractivity contribution in [2.45, 2.75) is 26.4 Å². The van der Waals surface area contributed by atoms with Crippen LogP contribution in [0.1, 0.15) is 31.1 Å². The molecule has 1 amide bonds. The van der Waals surface area contributed by atoms with Crippen LogP contribution < -0.4 is 5.32 Å². The lowest BCUT2D eigenvalue weighted by Crippen LogP contribution is -2.27. The van der Waals surface area contributed by atoms with Crippen LogP contribution in [0.5, 0.6) is 0 Å². The molecular formula is C13H14N2O4S. The standard InChI is InChI=1S/C13H14N2O4S/c1-13(2,3)19-12(18)15-10-8(11(16)17)7-5-4-6-14-9(7)20-10/h4-6H,1-3H3,(H,15,18)(H,16,17). The number of nitrogens with one attached hydrogen (secondary N) is 1. The molecule has 0 radical (unpaired) electrons. The number of ether oxygens (including phenoxy) is 1. The maximum absolute atomic E-state index is 11.7. The highest BCUT2D eigenvalue weighted by Crippen LogP contribution is 2.34. The number of anilines is 1. The van der Waals surface area contributed by atoms with Crippen LogP contribution in [-0.2, 0) is 4.74 Å². The van der Waals surface area contributed by atoms with Crippen LogP contribution in [-0.4, -0.2) is 27.8 Å². The van der Waals surface area contributed by atoms with Crippen LogP contribution in [0.15, 0.2) is 18.3 Å². The first-order chi connectivity index (χ1) is 9.28. The summed E-state index contributed by atoms with van der Waals surface area (Å²) in [6.45, 7) is 5.20. The van der Waals surface area contributed by atoms with Gasteiger partial charge in [0, 0.05) is 11.6 Å². The summed E-state index contributed by atoms with van der Waals surface area (Å²) in [5.74, 6) is -1.12. The minimum Gasteiger partial charge on any atom is -0.478 e. The van der Waals surface area contributed by atoms with Crippen molar-refractivity contribution in [3.05, 3.63) is 23.9 Å². The maximum atomic E-state index is 11.7. The Bertz CT molecular complexity index is 673. The van der Waals surface area contributed by atoms with Gasteiger partial charge in [0.15, 0.2) is 0 Å². The number of aromatic nitrogens is 1. The molecule has 7 heteroatoms. The highest BCUT2D eigenvalue weighted by molar-refractivity contribution is 7.23. The van der Waals surface area contributed by atoms with Crippen LogP contribution in [0.4, 0.5) is 9.80 Å². The zero-order chi connectivity index (χ0) is 14.9. The first kappa shape index (κ1) is 14.3. The third-order valence-electron chi connectivity index (χ3n) is 2.29. The van der Waals surface area contributed by atoms with Crippen molar-refractivity contribution in [3.8, 4) is 0 Å². The van der Waals surface area contributed by atoms with Gasteiger partial charge in [-0.15, -0.1) is 0 Å². The molecule has 0 spiro atoms. The first-order valence-corrected chi connectivity index (χ1v) is 6.70. The molecule has 0 bridgehead atoms. The fraction of sp³-hybridized carbons (Fsp3) is 0.308. The lowest BCUT2D eigenvalue weighted by Gasteiger charge is -2.19. The molecule has 106 valence electrons. The smallest absolute Gasteiger partial charge is 0.412 e. The number of rotatable bonds is 2. The van der Waals surface area contributed by atoms with Gasteiger partial charge in [0.2, 0.25) is 0 Å². The summed E-state index contributed by atoms with van der Waals surface area (Å²) in [6.07, 6.45) is 0.883. The minimum atomic E-state index is -1.12. The summed E-state index contributed by atoms with van der Waals surface area (Å²) < 4.78 is 5.12. The Kier molecular flexibility index (Phi) is 3.63. The largest absolute Gasteiger partial charge is 0.478 e. The summed E-state index contributed by atoms with van der Waals surface area (Å²) in [6, 6.07) is 3.31. The van der Waals surface area contributed by atoms with E-state index >= 15 is 0 Å². The predicted octanol–water partition coefficient (Wildman–Crippen LogP) is 3.34. The minimum absolute atomic E-state index is 0.0314. The Morgan fingerprint density at radius 2 is 2.10 bits per heavy atom. The fourth-order valence-corrected chi connectivity index (χ4v) is 2.65. The van der Waals surface area contributed by atoms with E-state index in [1.807, 2.05) is 0 Å². The lowest BCUT2D eigenvalue weighted by molar-refractivity contribution is 0.0636. The van der Waals surface area contributed by atoms with Crippen molar-refractivity contribution in [1.82, 2.24) is 4.98 Å². The summed E-state index contributed by atoms with van der Waals surface area (Å²) in [5, 5.41) is 12.5. The third-order valence-corrected chi connectivity index (χ3v) is 3.32. The van der Waals surface area contributed by atoms with Crippen LogP contribution in [0.25, 0.3) is 10.2 Å². The van der Waals surface area contributed by atoms with E-state index in [1.165, 1.54) is 0 Å². The number of thiophene rings is 1. The molecule has 2 aromatic heterocycles. The van der Waals surface area contributed by atoms with Gasteiger partial charge in [-0.05, 0) is 32.9 Å². The molecule has 2 heterocycles. The van der Waals surface area contributed by atoms with Crippen molar-refractivity contribution < 1.29 is 19.4 Å². The van der Waals surface area contributed by atoms with Crippen LogP contribution in [0.3, 0.4) is 0 Å². The van der Waals surface area contributed by atoms with Crippen molar-refractivity contribution in [2.75, 3.05) is 5.32 Å². The quantitative estimate of drug-likeness (QED) is 0.886. The van der Waals surface area contributed by atoms with Gasteiger partial charge < -0.3 is 9.84 Å². The van der Waals surface area contributed by atoms with Crippen molar-refractivity contribution in [2.24, 2.45) is 0 Å². The number of hydrogen-bond acceptors (Lipinski definition) is 5. The van der Waals surface area contributed by atoms with Gasteiger partial charge in [0.25, 0.3) is 0 Å². The normalized spacial score (nSPS) is 11.3. The second kappa shape index (κ2) is 5.09. The Morgan fingerprint density at radius 1 is 1.40 bits per heavy atom. The number of nitrogens with zero attached hydrogens (tertiary/aromatic N) is 1. The molecule has 0 fully saturated rings. The topological polar surface area (TPSA) is 88.5 Å². The second-order valence-corrected chi connectivity index (χ2v) is 6.09. The average molecular weight is 294 g/mol. The van der Waals surface area contributed by atoms with Gasteiger partial charge >= 0.3 is 12.1 Å². The van der Waals surface area contributed by atoms with E-state index in [4.69, 9.17) is 4.74 Å². The van der Waals surface area contributed by atoms with E-state index in [2.05, 4.69) is 10.3 Å². The molecule has 0 unspecified atom stereocenters. The summed E-state index contributed by atoms with van der Waals surface area (Å²) in [7, 11) is 0. The summed E-state index contributed by atoms with van der Waals surface area (Å²) in [5.41, 5.74) is -0.619. The number of carboxylic acids is 1. The second-order valence-electron chi connectivity index (χ2n) is 5.09. The Morgan fingerprint density at radius 3 is 2.70 bits per heavy atom. The van der Waals surface area contributed by atoms with Crippen LogP contribution in [0, 0.1) is 0 Å². The lowest BCUT2D eigenvalue weighted by atomic mass is 10.2. The fourth-order valence-electron chi connectivity index (χ4n) is 1.63. The molecule has 0 atom stereocenters. The number of pyridine rings is 1. The highest BCUT2D eigenvalue weighted by Gasteiger charge is 2.23. The number of amides is 1. The maximum Gasteiger partial charge on any atom is 0.412 e. The number of aromatic carboxylic acids is 1. The van der Waals surface area contributed by atoms with Crippen LogP contribution >= 0.6 is 11.3 Å². The van der Waals surface area contributed by atoms with E-state index in [1.54, 1.807) is 39.1 Å². The molecule has 2 aromatic rings. The van der Waals surface area contributed by atoms with Gasteiger partial charge in [0.1, 0.15) is 21.0 Å². The molecule has 2 N–H and O–H groups in total. The zero-order valence-electron chi connectivity index (χ0n) is 11.3. The molecule has 2 rings (SSSR count). The Labute approximate surface area is 119 Å². The molecule has 0 aromatic carbocycles. The van der Waals surface area contributed by atoms with Gasteiger partial charge in [-0.25, -0.2) is 14.6 Å². The van der Waals surface area contributed by atoms with Gasteiger partial charge in [0.05, 0.1) is 0 Å². The number of carbonyl (C=O) groups is 2. The number of fused-ring (bicyclic) bond motifs is 1. The molecule has 20 heavy (non-hydrogen) atoms. The van der Waals surface area contributed by atoms with E-state index in [0.717, 1.165) is 11.3 Å². The SMILES string of the molecule is CC(C)(C)OC(=O)Nc1sc2ncccc2c1C(=O)O. The van der Waals surface area contributed by atoms with Crippen molar-refractivity contribution in [1.29, 1.82) is 0 Å². The molecule has 6 nitrogen and oxygen atoms in total. The summed E-state index contributed by atoms with van der Waals surface area (Å²) in [4.78, 5) is 27.7. The van der Waals surface area contributed by atoms with E-state index in [-0.39, 0.29) is 10.6 Å². The Hall–Kier alpha value is -2.15. The molecule has 0 aliphatic carbocycles.